The van der Waals surface area contributed by atoms with Crippen LogP contribution < -0.4 is 0 Å². The highest BCUT2D eigenvalue weighted by atomic mass is 79.9. The molecule has 0 radical (unpaired) electrons. The summed E-state index contributed by atoms with van der Waals surface area (Å²) >= 11 is 3.47. The average Bonchev–Trinajstić information content (AvgIpc) is 3.13. The van der Waals surface area contributed by atoms with Crippen LogP contribution in [0.15, 0.2) is 22.9 Å². The van der Waals surface area contributed by atoms with Gasteiger partial charge < -0.3 is 9.47 Å². The molecule has 0 spiro atoms. The average molecular weight is 423 g/mol. The van der Waals surface area contributed by atoms with Crippen molar-refractivity contribution in [3.63, 3.8) is 0 Å². The first-order chi connectivity index (χ1) is 12.7. The number of unbranched alkanes of at least 4 members (excludes halogenated alkanes) is 3. The van der Waals surface area contributed by atoms with Crippen LogP contribution in [0.25, 0.3) is 11.5 Å². The Morgan fingerprint density at radius 1 is 1.23 bits per heavy atom. The number of ether oxygens (including phenoxy) is 2. The van der Waals surface area contributed by atoms with Crippen molar-refractivity contribution in [3.05, 3.63) is 28.6 Å². The van der Waals surface area contributed by atoms with E-state index in [4.69, 9.17) is 9.47 Å². The van der Waals surface area contributed by atoms with E-state index in [1.54, 1.807) is 6.33 Å². The Balaban J connectivity index is 1.31. The minimum absolute atomic E-state index is 0.0353. The molecule has 1 fully saturated rings. The Morgan fingerprint density at radius 2 is 2.12 bits per heavy atom. The smallest absolute Gasteiger partial charge is 0.199 e. The molecule has 1 saturated heterocycles. The lowest BCUT2D eigenvalue weighted by Gasteiger charge is -2.22. The minimum atomic E-state index is 0.0353. The fourth-order valence-electron chi connectivity index (χ4n) is 2.98. The van der Waals surface area contributed by atoms with Gasteiger partial charge in [-0.25, -0.2) is 9.97 Å². The van der Waals surface area contributed by atoms with Crippen molar-refractivity contribution >= 4 is 15.9 Å². The summed E-state index contributed by atoms with van der Waals surface area (Å²) in [6.45, 7) is 4.50. The van der Waals surface area contributed by atoms with E-state index < -0.39 is 0 Å². The van der Waals surface area contributed by atoms with Gasteiger partial charge in [0.05, 0.1) is 5.69 Å². The first kappa shape index (κ1) is 19.5. The summed E-state index contributed by atoms with van der Waals surface area (Å²) in [7, 11) is 0. The summed E-state index contributed by atoms with van der Waals surface area (Å²) in [5, 5.41) is 4.53. The number of aromatic nitrogens is 4. The molecule has 1 aliphatic heterocycles. The van der Waals surface area contributed by atoms with Crippen LogP contribution in [0.2, 0.25) is 0 Å². The highest BCUT2D eigenvalue weighted by Gasteiger charge is 2.13. The number of halogens is 1. The number of aryl methyl sites for hydroxylation is 2. The summed E-state index contributed by atoms with van der Waals surface area (Å²) in [6, 6.07) is 3.92. The lowest BCUT2D eigenvalue weighted by Crippen LogP contribution is -2.22. The van der Waals surface area contributed by atoms with Crippen LogP contribution in [-0.4, -0.2) is 39.3 Å². The van der Waals surface area contributed by atoms with Crippen molar-refractivity contribution in [2.45, 2.75) is 64.7 Å². The van der Waals surface area contributed by atoms with Crippen molar-refractivity contribution in [2.24, 2.45) is 0 Å². The first-order valence-corrected chi connectivity index (χ1v) is 10.3. The van der Waals surface area contributed by atoms with E-state index in [2.05, 4.69) is 31.0 Å². The Hall–Kier alpha value is -1.31. The van der Waals surface area contributed by atoms with Gasteiger partial charge in [-0.3, -0.25) is 4.68 Å². The van der Waals surface area contributed by atoms with Gasteiger partial charge in [-0.15, -0.1) is 5.10 Å². The fraction of sp³-hybridized carbons (Fsp3) is 0.632. The molecule has 1 aliphatic rings. The summed E-state index contributed by atoms with van der Waals surface area (Å²) in [5.41, 5.74) is 1.76. The maximum atomic E-state index is 5.76. The SMILES string of the molecule is Cc1nc(-c2ncn(CCCCCCOC3CCCCO3)n2)ccc1Br. The van der Waals surface area contributed by atoms with E-state index in [1.165, 1.54) is 25.7 Å². The summed E-state index contributed by atoms with van der Waals surface area (Å²) in [4.78, 5) is 8.89. The molecule has 1 atom stereocenters. The Kier molecular flexibility index (Phi) is 7.58. The maximum Gasteiger partial charge on any atom is 0.199 e. The van der Waals surface area contributed by atoms with Crippen molar-refractivity contribution in [3.8, 4) is 11.5 Å². The monoisotopic (exact) mass is 422 g/mol. The summed E-state index contributed by atoms with van der Waals surface area (Å²) < 4.78 is 14.2. The third-order valence-corrected chi connectivity index (χ3v) is 5.35. The Bertz CT molecular complexity index is 686. The van der Waals surface area contributed by atoms with Gasteiger partial charge in [0.15, 0.2) is 12.1 Å². The second-order valence-electron chi connectivity index (χ2n) is 6.68. The molecule has 26 heavy (non-hydrogen) atoms. The van der Waals surface area contributed by atoms with Gasteiger partial charge in [0.1, 0.15) is 12.0 Å². The first-order valence-electron chi connectivity index (χ1n) is 9.48. The van der Waals surface area contributed by atoms with Gasteiger partial charge in [-0.05, 0) is 67.1 Å². The van der Waals surface area contributed by atoms with E-state index >= 15 is 0 Å². The second kappa shape index (κ2) is 10.1. The fourth-order valence-corrected chi connectivity index (χ4v) is 3.20. The Morgan fingerprint density at radius 3 is 2.92 bits per heavy atom. The summed E-state index contributed by atoms with van der Waals surface area (Å²) in [5.74, 6) is 0.682. The predicted octanol–water partition coefficient (Wildman–Crippen LogP) is 4.51. The molecule has 6 nitrogen and oxygen atoms in total. The third-order valence-electron chi connectivity index (χ3n) is 4.51. The van der Waals surface area contributed by atoms with Gasteiger partial charge in [-0.2, -0.15) is 0 Å². The highest BCUT2D eigenvalue weighted by molar-refractivity contribution is 9.10. The molecule has 0 amide bonds. The standard InChI is InChI=1S/C19H27BrN4O2/c1-15-16(20)9-10-17(22-15)19-21-14-24(23-19)11-5-2-3-6-12-25-18-8-4-7-13-26-18/h9-10,14,18H,2-8,11-13H2,1H3. The molecule has 0 aromatic carbocycles. The lowest BCUT2D eigenvalue weighted by molar-refractivity contribution is -0.162. The molecule has 2 aromatic heterocycles. The number of rotatable bonds is 9. The van der Waals surface area contributed by atoms with Crippen molar-refractivity contribution in [2.75, 3.05) is 13.2 Å². The number of hydrogen-bond donors (Lipinski definition) is 0. The van der Waals surface area contributed by atoms with E-state index in [1.807, 2.05) is 23.7 Å². The normalized spacial score (nSPS) is 17.5. The molecule has 0 saturated carbocycles. The van der Waals surface area contributed by atoms with Crippen LogP contribution >= 0.6 is 15.9 Å². The van der Waals surface area contributed by atoms with Crippen LogP contribution in [0.3, 0.4) is 0 Å². The number of hydrogen-bond acceptors (Lipinski definition) is 5. The summed E-state index contributed by atoms with van der Waals surface area (Å²) in [6.07, 6.45) is 9.77. The quantitative estimate of drug-likeness (QED) is 0.556. The predicted molar refractivity (Wildman–Crippen MR) is 104 cm³/mol. The van der Waals surface area contributed by atoms with Crippen LogP contribution in [0.5, 0.6) is 0 Å². The molecule has 3 heterocycles. The van der Waals surface area contributed by atoms with Gasteiger partial charge in [0, 0.05) is 24.2 Å². The van der Waals surface area contributed by atoms with Crippen LogP contribution in [-0.2, 0) is 16.0 Å². The molecule has 0 aliphatic carbocycles. The molecule has 0 N–H and O–H groups in total. The number of pyridine rings is 1. The molecular weight excluding hydrogens is 396 g/mol. The molecule has 0 bridgehead atoms. The van der Waals surface area contributed by atoms with Gasteiger partial charge in [0.25, 0.3) is 0 Å². The topological polar surface area (TPSA) is 62.1 Å². The van der Waals surface area contributed by atoms with Crippen LogP contribution in [0.1, 0.15) is 50.6 Å². The zero-order chi connectivity index (χ0) is 18.2. The van der Waals surface area contributed by atoms with Crippen molar-refractivity contribution in [1.29, 1.82) is 0 Å². The van der Waals surface area contributed by atoms with Crippen molar-refractivity contribution in [1.82, 2.24) is 19.7 Å². The van der Waals surface area contributed by atoms with Crippen molar-refractivity contribution < 1.29 is 9.47 Å². The van der Waals surface area contributed by atoms with E-state index in [9.17, 15) is 0 Å². The van der Waals surface area contributed by atoms with Gasteiger partial charge in [0.2, 0.25) is 0 Å². The third kappa shape index (κ3) is 5.86. The second-order valence-corrected chi connectivity index (χ2v) is 7.53. The molecule has 1 unspecified atom stereocenters. The van der Waals surface area contributed by atoms with Gasteiger partial charge in [-0.1, -0.05) is 12.8 Å². The Labute approximate surface area is 163 Å². The zero-order valence-electron chi connectivity index (χ0n) is 15.4. The van der Waals surface area contributed by atoms with Crippen LogP contribution in [0.4, 0.5) is 0 Å². The maximum absolute atomic E-state index is 5.76. The minimum Gasteiger partial charge on any atom is -0.353 e. The van der Waals surface area contributed by atoms with E-state index in [0.717, 1.165) is 54.9 Å². The molecule has 2 aromatic rings. The molecule has 142 valence electrons. The van der Waals surface area contributed by atoms with Crippen LogP contribution in [0, 0.1) is 6.92 Å². The number of nitrogens with zero attached hydrogens (tertiary/aromatic N) is 4. The zero-order valence-corrected chi connectivity index (χ0v) is 16.9. The highest BCUT2D eigenvalue weighted by Crippen LogP contribution is 2.19. The lowest BCUT2D eigenvalue weighted by atomic mass is 10.2. The van der Waals surface area contributed by atoms with E-state index in [-0.39, 0.29) is 6.29 Å². The van der Waals surface area contributed by atoms with E-state index in [0.29, 0.717) is 5.82 Å². The van der Waals surface area contributed by atoms with Gasteiger partial charge >= 0.3 is 0 Å². The molecule has 3 rings (SSSR count). The largest absolute Gasteiger partial charge is 0.353 e. The molecular formula is C19H27BrN4O2. The molecule has 7 heteroatoms.